The number of piperidine rings is 1. The normalized spacial score (nSPS) is 17.4. The first-order valence-electron chi connectivity index (χ1n) is 7.29. The summed E-state index contributed by atoms with van der Waals surface area (Å²) in [5.41, 5.74) is 7.15. The van der Waals surface area contributed by atoms with Crippen LogP contribution >= 0.6 is 12.4 Å². The van der Waals surface area contributed by atoms with Crippen molar-refractivity contribution in [3.63, 3.8) is 0 Å². The summed E-state index contributed by atoms with van der Waals surface area (Å²) in [6.45, 7) is 3.80. The van der Waals surface area contributed by atoms with E-state index in [0.29, 0.717) is 12.3 Å². The standard InChI is InChI=1S/C16H24N2O.ClH/c1-2-13(14-6-4-3-5-7-14)12-16(19)18-10-8-15(17)9-11-18;/h3-7,13,15H,2,8-12,17H2,1H3;1H. The average Bonchev–Trinajstić information content (AvgIpc) is 2.46. The van der Waals surface area contributed by atoms with Crippen LogP contribution in [0.1, 0.15) is 44.1 Å². The Labute approximate surface area is 127 Å². The topological polar surface area (TPSA) is 46.3 Å². The van der Waals surface area contributed by atoms with E-state index in [2.05, 4.69) is 19.1 Å². The molecule has 20 heavy (non-hydrogen) atoms. The highest BCUT2D eigenvalue weighted by molar-refractivity contribution is 5.85. The zero-order valence-corrected chi connectivity index (χ0v) is 12.9. The van der Waals surface area contributed by atoms with Crippen LogP contribution in [0.25, 0.3) is 0 Å². The Morgan fingerprint density at radius 1 is 1.30 bits per heavy atom. The van der Waals surface area contributed by atoms with E-state index in [1.165, 1.54) is 5.56 Å². The predicted octanol–water partition coefficient (Wildman–Crippen LogP) is 2.94. The summed E-state index contributed by atoms with van der Waals surface area (Å²) < 4.78 is 0. The number of carbonyl (C=O) groups excluding carboxylic acids is 1. The summed E-state index contributed by atoms with van der Waals surface area (Å²) >= 11 is 0. The number of rotatable bonds is 4. The van der Waals surface area contributed by atoms with Crippen molar-refractivity contribution < 1.29 is 4.79 Å². The minimum atomic E-state index is 0. The largest absolute Gasteiger partial charge is 0.343 e. The van der Waals surface area contributed by atoms with Gasteiger partial charge in [-0.15, -0.1) is 12.4 Å². The number of halogens is 1. The molecule has 2 N–H and O–H groups in total. The molecule has 1 atom stereocenters. The van der Waals surface area contributed by atoms with Crippen LogP contribution in [0.15, 0.2) is 30.3 Å². The van der Waals surface area contributed by atoms with Gasteiger partial charge in [-0.2, -0.15) is 0 Å². The maximum Gasteiger partial charge on any atom is 0.223 e. The molecule has 0 aliphatic carbocycles. The highest BCUT2D eigenvalue weighted by Crippen LogP contribution is 2.24. The minimum absolute atomic E-state index is 0. The van der Waals surface area contributed by atoms with Crippen molar-refractivity contribution in [1.82, 2.24) is 4.90 Å². The van der Waals surface area contributed by atoms with E-state index in [9.17, 15) is 4.79 Å². The van der Waals surface area contributed by atoms with Crippen LogP contribution in [0, 0.1) is 0 Å². The van der Waals surface area contributed by atoms with Crippen LogP contribution in [-0.2, 0) is 4.79 Å². The van der Waals surface area contributed by atoms with Crippen LogP contribution < -0.4 is 5.73 Å². The van der Waals surface area contributed by atoms with Crippen molar-refractivity contribution in [3.05, 3.63) is 35.9 Å². The number of amides is 1. The molecule has 1 aromatic rings. The lowest BCUT2D eigenvalue weighted by atomic mass is 9.92. The Kier molecular flexibility index (Phi) is 7.03. The van der Waals surface area contributed by atoms with Crippen LogP contribution in [0.2, 0.25) is 0 Å². The highest BCUT2D eigenvalue weighted by atomic mass is 35.5. The second-order valence-electron chi connectivity index (χ2n) is 5.44. The zero-order valence-electron chi connectivity index (χ0n) is 12.1. The molecular weight excluding hydrogens is 272 g/mol. The van der Waals surface area contributed by atoms with Gasteiger partial charge in [-0.3, -0.25) is 4.79 Å². The van der Waals surface area contributed by atoms with Gasteiger partial charge >= 0.3 is 0 Å². The zero-order chi connectivity index (χ0) is 13.7. The monoisotopic (exact) mass is 296 g/mol. The van der Waals surface area contributed by atoms with Gasteiger partial charge < -0.3 is 10.6 Å². The van der Waals surface area contributed by atoms with E-state index >= 15 is 0 Å². The van der Waals surface area contributed by atoms with E-state index in [-0.39, 0.29) is 24.4 Å². The summed E-state index contributed by atoms with van der Waals surface area (Å²) in [5, 5.41) is 0. The third-order valence-electron chi connectivity index (χ3n) is 4.08. The third kappa shape index (κ3) is 4.50. The van der Waals surface area contributed by atoms with E-state index in [4.69, 9.17) is 5.73 Å². The van der Waals surface area contributed by atoms with Gasteiger partial charge in [-0.1, -0.05) is 37.3 Å². The molecule has 112 valence electrons. The molecule has 1 unspecified atom stereocenters. The van der Waals surface area contributed by atoms with E-state index < -0.39 is 0 Å². The molecule has 1 aliphatic heterocycles. The quantitative estimate of drug-likeness (QED) is 0.928. The molecule has 1 fully saturated rings. The molecule has 1 aliphatic rings. The third-order valence-corrected chi connectivity index (χ3v) is 4.08. The molecule has 0 spiro atoms. The van der Waals surface area contributed by atoms with Crippen molar-refractivity contribution >= 4 is 18.3 Å². The van der Waals surface area contributed by atoms with Gasteiger partial charge in [0.05, 0.1) is 0 Å². The van der Waals surface area contributed by atoms with Gasteiger partial charge in [0.1, 0.15) is 0 Å². The van der Waals surface area contributed by atoms with E-state index in [1.807, 2.05) is 23.1 Å². The number of carbonyl (C=O) groups is 1. The van der Waals surface area contributed by atoms with Gasteiger partial charge in [-0.25, -0.2) is 0 Å². The summed E-state index contributed by atoms with van der Waals surface area (Å²) in [5.74, 6) is 0.618. The van der Waals surface area contributed by atoms with Gasteiger partial charge in [0, 0.05) is 25.6 Å². The maximum atomic E-state index is 12.3. The van der Waals surface area contributed by atoms with Crippen LogP contribution in [0.3, 0.4) is 0 Å². The summed E-state index contributed by atoms with van der Waals surface area (Å²) in [4.78, 5) is 14.3. The average molecular weight is 297 g/mol. The van der Waals surface area contributed by atoms with Gasteiger partial charge in [0.2, 0.25) is 5.91 Å². The van der Waals surface area contributed by atoms with Crippen LogP contribution in [-0.4, -0.2) is 29.9 Å². The second-order valence-corrected chi connectivity index (χ2v) is 5.44. The number of benzene rings is 1. The summed E-state index contributed by atoms with van der Waals surface area (Å²) in [7, 11) is 0. The number of nitrogens with zero attached hydrogens (tertiary/aromatic N) is 1. The Balaban J connectivity index is 0.00000200. The van der Waals surface area contributed by atoms with Crippen LogP contribution in [0.4, 0.5) is 0 Å². The van der Waals surface area contributed by atoms with Crippen molar-refractivity contribution in [2.45, 2.75) is 44.6 Å². The molecule has 3 nitrogen and oxygen atoms in total. The molecule has 1 heterocycles. The van der Waals surface area contributed by atoms with E-state index in [0.717, 1.165) is 32.4 Å². The number of hydrogen-bond donors (Lipinski definition) is 1. The molecule has 0 saturated carbocycles. The van der Waals surface area contributed by atoms with Gasteiger partial charge in [-0.05, 0) is 30.7 Å². The molecule has 4 heteroatoms. The van der Waals surface area contributed by atoms with Crippen molar-refractivity contribution in [2.75, 3.05) is 13.1 Å². The molecule has 0 bridgehead atoms. The molecular formula is C16H25ClN2O. The van der Waals surface area contributed by atoms with Crippen molar-refractivity contribution in [2.24, 2.45) is 5.73 Å². The van der Waals surface area contributed by atoms with Crippen LogP contribution in [0.5, 0.6) is 0 Å². The molecule has 0 radical (unpaired) electrons. The Bertz CT molecular complexity index is 402. The van der Waals surface area contributed by atoms with Gasteiger partial charge in [0.25, 0.3) is 0 Å². The SMILES string of the molecule is CCC(CC(=O)N1CCC(N)CC1)c1ccccc1.Cl. The highest BCUT2D eigenvalue weighted by Gasteiger charge is 2.23. The summed E-state index contributed by atoms with van der Waals surface area (Å²) in [6.07, 6.45) is 3.50. The number of likely N-dealkylation sites (tertiary alicyclic amines) is 1. The minimum Gasteiger partial charge on any atom is -0.343 e. The Morgan fingerprint density at radius 3 is 2.45 bits per heavy atom. The Morgan fingerprint density at radius 2 is 1.90 bits per heavy atom. The summed E-state index contributed by atoms with van der Waals surface area (Å²) in [6, 6.07) is 10.6. The Hall–Kier alpha value is -1.06. The predicted molar refractivity (Wildman–Crippen MR) is 85.1 cm³/mol. The van der Waals surface area contributed by atoms with Crippen molar-refractivity contribution in [3.8, 4) is 0 Å². The molecule has 1 amide bonds. The molecule has 1 saturated heterocycles. The smallest absolute Gasteiger partial charge is 0.223 e. The fourth-order valence-corrected chi connectivity index (χ4v) is 2.71. The number of nitrogens with two attached hydrogens (primary N) is 1. The lowest BCUT2D eigenvalue weighted by Crippen LogP contribution is -2.43. The first-order chi connectivity index (χ1) is 9.20. The van der Waals surface area contributed by atoms with E-state index in [1.54, 1.807) is 0 Å². The fourth-order valence-electron chi connectivity index (χ4n) is 2.71. The molecule has 1 aromatic carbocycles. The molecule has 0 aromatic heterocycles. The lowest BCUT2D eigenvalue weighted by molar-refractivity contribution is -0.132. The van der Waals surface area contributed by atoms with Gasteiger partial charge in [0.15, 0.2) is 0 Å². The fraction of sp³-hybridized carbons (Fsp3) is 0.562. The van der Waals surface area contributed by atoms with Crippen molar-refractivity contribution in [1.29, 1.82) is 0 Å². The number of hydrogen-bond acceptors (Lipinski definition) is 2. The molecule has 2 rings (SSSR count). The second kappa shape index (κ2) is 8.28. The lowest BCUT2D eigenvalue weighted by Gasteiger charge is -2.31. The maximum absolute atomic E-state index is 12.3. The first-order valence-corrected chi connectivity index (χ1v) is 7.29. The first kappa shape index (κ1) is 17.0.